The molecule has 1 saturated heterocycles. The van der Waals surface area contributed by atoms with Crippen LogP contribution in [0.4, 0.5) is 0 Å². The molecule has 0 bridgehead atoms. The van der Waals surface area contributed by atoms with Crippen LogP contribution in [0.25, 0.3) is 0 Å². The monoisotopic (exact) mass is 215 g/mol. The summed E-state index contributed by atoms with van der Waals surface area (Å²) in [5.41, 5.74) is 6.01. The number of nitrogens with two attached hydrogens (primary N) is 1. The van der Waals surface area contributed by atoms with Crippen molar-refractivity contribution in [3.8, 4) is 0 Å². The van der Waals surface area contributed by atoms with Crippen molar-refractivity contribution in [3.05, 3.63) is 0 Å². The lowest BCUT2D eigenvalue weighted by Gasteiger charge is -2.40. The van der Waals surface area contributed by atoms with Crippen LogP contribution in [0, 0.1) is 5.41 Å². The largest absolute Gasteiger partial charge is 0.469 e. The Labute approximate surface area is 91.1 Å². The van der Waals surface area contributed by atoms with Crippen LogP contribution >= 0.6 is 0 Å². The third kappa shape index (κ3) is 2.92. The SMILES string of the molecule is CCC(N)C1(CC(=O)OC)CCOCC1. The summed E-state index contributed by atoms with van der Waals surface area (Å²) in [7, 11) is 1.42. The van der Waals surface area contributed by atoms with Gasteiger partial charge in [0, 0.05) is 24.7 Å². The van der Waals surface area contributed by atoms with Crippen LogP contribution in [0.3, 0.4) is 0 Å². The predicted octanol–water partition coefficient (Wildman–Crippen LogP) is 1.08. The second-order valence-corrected chi connectivity index (χ2v) is 4.24. The zero-order chi connectivity index (χ0) is 11.3. The highest BCUT2D eigenvalue weighted by atomic mass is 16.5. The summed E-state index contributed by atoms with van der Waals surface area (Å²) in [6.45, 7) is 3.45. The topological polar surface area (TPSA) is 61.6 Å². The summed E-state index contributed by atoms with van der Waals surface area (Å²) >= 11 is 0. The van der Waals surface area contributed by atoms with E-state index in [2.05, 4.69) is 6.92 Å². The van der Waals surface area contributed by atoms with E-state index in [0.29, 0.717) is 19.6 Å². The van der Waals surface area contributed by atoms with E-state index in [1.807, 2.05) is 0 Å². The molecule has 15 heavy (non-hydrogen) atoms. The Morgan fingerprint density at radius 3 is 2.60 bits per heavy atom. The van der Waals surface area contributed by atoms with Crippen LogP contribution in [-0.2, 0) is 14.3 Å². The Morgan fingerprint density at radius 1 is 1.53 bits per heavy atom. The lowest BCUT2D eigenvalue weighted by Crippen LogP contribution is -2.46. The van der Waals surface area contributed by atoms with Gasteiger partial charge in [-0.2, -0.15) is 0 Å². The summed E-state index contributed by atoms with van der Waals surface area (Å²) < 4.78 is 10.1. The molecule has 0 aromatic rings. The van der Waals surface area contributed by atoms with E-state index in [9.17, 15) is 4.79 Å². The standard InChI is InChI=1S/C11H21NO3/c1-3-9(12)11(8-10(13)14-2)4-6-15-7-5-11/h9H,3-8,12H2,1-2H3. The number of hydrogen-bond acceptors (Lipinski definition) is 4. The molecule has 0 radical (unpaired) electrons. The summed E-state index contributed by atoms with van der Waals surface area (Å²) in [5.74, 6) is -0.166. The lowest BCUT2D eigenvalue weighted by atomic mass is 9.71. The number of ether oxygens (including phenoxy) is 2. The molecule has 88 valence electrons. The van der Waals surface area contributed by atoms with Crippen molar-refractivity contribution in [3.63, 3.8) is 0 Å². The third-order valence-electron chi connectivity index (χ3n) is 3.44. The maximum Gasteiger partial charge on any atom is 0.306 e. The van der Waals surface area contributed by atoms with Gasteiger partial charge in [0.2, 0.25) is 0 Å². The summed E-state index contributed by atoms with van der Waals surface area (Å²) in [5, 5.41) is 0. The first-order valence-electron chi connectivity index (χ1n) is 5.55. The minimum atomic E-state index is -0.166. The molecular weight excluding hydrogens is 194 g/mol. The molecule has 1 aliphatic heterocycles. The van der Waals surface area contributed by atoms with E-state index in [-0.39, 0.29) is 17.4 Å². The normalized spacial score (nSPS) is 22.1. The maximum atomic E-state index is 11.4. The van der Waals surface area contributed by atoms with Gasteiger partial charge in [-0.15, -0.1) is 0 Å². The smallest absolute Gasteiger partial charge is 0.306 e. The van der Waals surface area contributed by atoms with Gasteiger partial charge in [-0.1, -0.05) is 6.92 Å². The first kappa shape index (κ1) is 12.5. The molecule has 1 unspecified atom stereocenters. The molecule has 0 aromatic carbocycles. The summed E-state index contributed by atoms with van der Waals surface area (Å²) in [6.07, 6.45) is 3.02. The van der Waals surface area contributed by atoms with Crippen LogP contribution in [0.5, 0.6) is 0 Å². The molecule has 0 aliphatic carbocycles. The van der Waals surface area contributed by atoms with Crippen LogP contribution < -0.4 is 5.73 Å². The first-order valence-corrected chi connectivity index (χ1v) is 5.55. The van der Waals surface area contributed by atoms with Crippen molar-refractivity contribution in [2.75, 3.05) is 20.3 Å². The van der Waals surface area contributed by atoms with Gasteiger partial charge in [0.05, 0.1) is 13.5 Å². The van der Waals surface area contributed by atoms with Gasteiger partial charge in [0.25, 0.3) is 0 Å². The second-order valence-electron chi connectivity index (χ2n) is 4.24. The van der Waals surface area contributed by atoms with Gasteiger partial charge in [0.15, 0.2) is 0 Å². The first-order chi connectivity index (χ1) is 7.14. The molecule has 4 nitrogen and oxygen atoms in total. The number of methoxy groups -OCH3 is 1. The lowest BCUT2D eigenvalue weighted by molar-refractivity contribution is -0.145. The van der Waals surface area contributed by atoms with Crippen molar-refractivity contribution < 1.29 is 14.3 Å². The van der Waals surface area contributed by atoms with Gasteiger partial charge >= 0.3 is 5.97 Å². The Bertz CT molecular complexity index is 212. The molecule has 1 atom stereocenters. The van der Waals surface area contributed by atoms with Crippen molar-refractivity contribution in [1.29, 1.82) is 0 Å². The number of carbonyl (C=O) groups excluding carboxylic acids is 1. The van der Waals surface area contributed by atoms with Crippen LogP contribution in [0.2, 0.25) is 0 Å². The number of hydrogen-bond donors (Lipinski definition) is 1. The van der Waals surface area contributed by atoms with Crippen molar-refractivity contribution in [2.24, 2.45) is 11.1 Å². The van der Waals surface area contributed by atoms with Crippen LogP contribution in [-0.4, -0.2) is 32.3 Å². The number of carbonyl (C=O) groups is 1. The Morgan fingerprint density at radius 2 is 2.13 bits per heavy atom. The summed E-state index contributed by atoms with van der Waals surface area (Å²) in [4.78, 5) is 11.4. The van der Waals surface area contributed by atoms with E-state index < -0.39 is 0 Å². The van der Waals surface area contributed by atoms with E-state index >= 15 is 0 Å². The average molecular weight is 215 g/mol. The Kier molecular flexibility index (Phi) is 4.54. The van der Waals surface area contributed by atoms with E-state index in [1.54, 1.807) is 0 Å². The molecule has 1 heterocycles. The molecule has 1 aliphatic rings. The molecule has 0 spiro atoms. The third-order valence-corrected chi connectivity index (χ3v) is 3.44. The Balaban J connectivity index is 2.70. The van der Waals surface area contributed by atoms with Crippen molar-refractivity contribution in [1.82, 2.24) is 0 Å². The van der Waals surface area contributed by atoms with Gasteiger partial charge in [0.1, 0.15) is 0 Å². The van der Waals surface area contributed by atoms with Crippen molar-refractivity contribution in [2.45, 2.75) is 38.6 Å². The van der Waals surface area contributed by atoms with E-state index in [0.717, 1.165) is 19.3 Å². The minimum absolute atomic E-state index is 0.0560. The van der Waals surface area contributed by atoms with Gasteiger partial charge in [-0.3, -0.25) is 4.79 Å². The minimum Gasteiger partial charge on any atom is -0.469 e. The molecule has 2 N–H and O–H groups in total. The Hall–Kier alpha value is -0.610. The fourth-order valence-electron chi connectivity index (χ4n) is 2.25. The fraction of sp³-hybridized carbons (Fsp3) is 0.909. The fourth-order valence-corrected chi connectivity index (χ4v) is 2.25. The van der Waals surface area contributed by atoms with E-state index in [4.69, 9.17) is 15.2 Å². The van der Waals surface area contributed by atoms with Crippen LogP contribution in [0.1, 0.15) is 32.6 Å². The maximum absolute atomic E-state index is 11.4. The second kappa shape index (κ2) is 5.47. The molecule has 1 rings (SSSR count). The number of rotatable bonds is 4. The zero-order valence-electron chi connectivity index (χ0n) is 9.62. The zero-order valence-corrected chi connectivity index (χ0v) is 9.62. The van der Waals surface area contributed by atoms with E-state index in [1.165, 1.54) is 7.11 Å². The molecule has 0 saturated carbocycles. The number of esters is 1. The quantitative estimate of drug-likeness (QED) is 0.713. The molecule has 1 fully saturated rings. The molecule has 0 aromatic heterocycles. The van der Waals surface area contributed by atoms with Crippen LogP contribution in [0.15, 0.2) is 0 Å². The highest BCUT2D eigenvalue weighted by Gasteiger charge is 2.39. The van der Waals surface area contributed by atoms with Gasteiger partial charge < -0.3 is 15.2 Å². The average Bonchev–Trinajstić information content (AvgIpc) is 2.29. The highest BCUT2D eigenvalue weighted by Crippen LogP contribution is 2.38. The van der Waals surface area contributed by atoms with Gasteiger partial charge in [-0.05, 0) is 19.3 Å². The van der Waals surface area contributed by atoms with Crippen molar-refractivity contribution >= 4 is 5.97 Å². The van der Waals surface area contributed by atoms with Gasteiger partial charge in [-0.25, -0.2) is 0 Å². The summed E-state index contributed by atoms with van der Waals surface area (Å²) in [6, 6.07) is 0.0560. The molecule has 4 heteroatoms. The molecular formula is C11H21NO3. The highest BCUT2D eigenvalue weighted by molar-refractivity contribution is 5.70. The molecule has 0 amide bonds. The predicted molar refractivity (Wildman–Crippen MR) is 57.4 cm³/mol.